The van der Waals surface area contributed by atoms with Crippen LogP contribution in [0.3, 0.4) is 0 Å². The topological polar surface area (TPSA) is 76.6 Å². The van der Waals surface area contributed by atoms with Crippen molar-refractivity contribution < 1.29 is 14.3 Å². The molecule has 3 rings (SSSR count). The summed E-state index contributed by atoms with van der Waals surface area (Å²) in [4.78, 5) is 23.2. The molecule has 0 atom stereocenters. The molecule has 1 aromatic heterocycles. The van der Waals surface area contributed by atoms with Crippen molar-refractivity contribution in [2.45, 2.75) is 26.7 Å². The molecule has 1 aliphatic heterocycles. The first kappa shape index (κ1) is 17.0. The van der Waals surface area contributed by atoms with E-state index in [1.165, 1.54) is 6.20 Å². The quantitative estimate of drug-likeness (QED) is 0.833. The number of ether oxygens (including phenoxy) is 2. The lowest BCUT2D eigenvalue weighted by Crippen LogP contribution is -2.26. The van der Waals surface area contributed by atoms with Crippen LogP contribution in [-0.2, 0) is 0 Å². The molecule has 0 radical (unpaired) electrons. The number of carbonyl (C=O) groups is 1. The Morgan fingerprint density at radius 3 is 2.56 bits per heavy atom. The lowest BCUT2D eigenvalue weighted by molar-refractivity contribution is 0.102. The van der Waals surface area contributed by atoms with E-state index in [2.05, 4.69) is 34.0 Å². The fourth-order valence-electron chi connectivity index (χ4n) is 2.65. The van der Waals surface area contributed by atoms with Crippen LogP contribution in [0.2, 0.25) is 0 Å². The Kier molecular flexibility index (Phi) is 5.33. The molecular weight excluding hydrogens is 320 g/mol. The van der Waals surface area contributed by atoms with E-state index in [0.29, 0.717) is 17.2 Å². The molecule has 0 unspecified atom stereocenters. The Labute approximate surface area is 147 Å². The summed E-state index contributed by atoms with van der Waals surface area (Å²) in [6.07, 6.45) is 5.23. The smallest absolute Gasteiger partial charge is 0.275 e. The van der Waals surface area contributed by atoms with Crippen molar-refractivity contribution in [3.8, 4) is 11.5 Å². The molecule has 25 heavy (non-hydrogen) atoms. The predicted molar refractivity (Wildman–Crippen MR) is 95.3 cm³/mol. The maximum Gasteiger partial charge on any atom is 0.275 e. The zero-order valence-electron chi connectivity index (χ0n) is 14.5. The van der Waals surface area contributed by atoms with E-state index in [1.54, 1.807) is 24.4 Å². The standard InChI is InChI=1S/C18H22N4O3/c1-3-7-22(8-4-2)17-11-19-14(10-20-17)18(23)21-13-5-6-15-16(9-13)25-12-24-15/h5-6,9-11H,3-4,7-8,12H2,1-2H3,(H,21,23). The fraction of sp³-hybridized carbons (Fsp3) is 0.389. The molecule has 1 N–H and O–H groups in total. The van der Waals surface area contributed by atoms with Gasteiger partial charge in [0.2, 0.25) is 6.79 Å². The molecule has 1 amide bonds. The first-order valence-corrected chi connectivity index (χ1v) is 8.49. The van der Waals surface area contributed by atoms with E-state index < -0.39 is 0 Å². The third-order valence-electron chi connectivity index (χ3n) is 3.81. The van der Waals surface area contributed by atoms with Crippen molar-refractivity contribution in [1.82, 2.24) is 9.97 Å². The second-order valence-corrected chi connectivity index (χ2v) is 5.77. The second kappa shape index (κ2) is 7.83. The number of amides is 1. The first-order chi connectivity index (χ1) is 12.2. The van der Waals surface area contributed by atoms with E-state index in [4.69, 9.17) is 9.47 Å². The van der Waals surface area contributed by atoms with Gasteiger partial charge in [0.05, 0.1) is 12.4 Å². The van der Waals surface area contributed by atoms with Gasteiger partial charge in [0, 0.05) is 24.8 Å². The van der Waals surface area contributed by atoms with Crippen molar-refractivity contribution in [2.24, 2.45) is 0 Å². The van der Waals surface area contributed by atoms with Crippen LogP contribution in [0.4, 0.5) is 11.5 Å². The highest BCUT2D eigenvalue weighted by atomic mass is 16.7. The number of nitrogens with zero attached hydrogens (tertiary/aromatic N) is 3. The maximum atomic E-state index is 12.3. The molecule has 1 aliphatic rings. The van der Waals surface area contributed by atoms with Crippen LogP contribution in [0.25, 0.3) is 0 Å². The number of anilines is 2. The van der Waals surface area contributed by atoms with Crippen LogP contribution in [-0.4, -0.2) is 35.8 Å². The van der Waals surface area contributed by atoms with Crippen molar-refractivity contribution in [1.29, 1.82) is 0 Å². The third kappa shape index (κ3) is 3.99. The summed E-state index contributed by atoms with van der Waals surface area (Å²) in [7, 11) is 0. The van der Waals surface area contributed by atoms with Crippen LogP contribution in [0.1, 0.15) is 37.2 Å². The van der Waals surface area contributed by atoms with E-state index in [1.807, 2.05) is 0 Å². The van der Waals surface area contributed by atoms with Crippen LogP contribution < -0.4 is 19.7 Å². The molecule has 0 aliphatic carbocycles. The van der Waals surface area contributed by atoms with Crippen LogP contribution in [0, 0.1) is 0 Å². The minimum atomic E-state index is -0.310. The lowest BCUT2D eigenvalue weighted by atomic mass is 10.2. The van der Waals surface area contributed by atoms with Gasteiger partial charge in [-0.1, -0.05) is 13.8 Å². The van der Waals surface area contributed by atoms with E-state index in [9.17, 15) is 4.79 Å². The Morgan fingerprint density at radius 1 is 1.12 bits per heavy atom. The summed E-state index contributed by atoms with van der Waals surface area (Å²) in [6.45, 7) is 6.30. The molecule has 0 spiro atoms. The van der Waals surface area contributed by atoms with Gasteiger partial charge in [0.25, 0.3) is 5.91 Å². The molecule has 132 valence electrons. The summed E-state index contributed by atoms with van der Waals surface area (Å²) >= 11 is 0. The highest BCUT2D eigenvalue weighted by Gasteiger charge is 2.15. The van der Waals surface area contributed by atoms with Gasteiger partial charge in [0.1, 0.15) is 11.5 Å². The largest absolute Gasteiger partial charge is 0.454 e. The summed E-state index contributed by atoms with van der Waals surface area (Å²) in [5.41, 5.74) is 0.896. The zero-order valence-corrected chi connectivity index (χ0v) is 14.5. The lowest BCUT2D eigenvalue weighted by Gasteiger charge is -2.22. The van der Waals surface area contributed by atoms with Gasteiger partial charge in [-0.15, -0.1) is 0 Å². The van der Waals surface area contributed by atoms with Gasteiger partial charge in [-0.2, -0.15) is 0 Å². The Balaban J connectivity index is 1.68. The highest BCUT2D eigenvalue weighted by molar-refractivity contribution is 6.02. The number of aromatic nitrogens is 2. The second-order valence-electron chi connectivity index (χ2n) is 5.77. The van der Waals surface area contributed by atoms with E-state index >= 15 is 0 Å². The molecule has 0 saturated carbocycles. The van der Waals surface area contributed by atoms with Gasteiger partial charge in [0.15, 0.2) is 11.5 Å². The Hall–Kier alpha value is -2.83. The highest BCUT2D eigenvalue weighted by Crippen LogP contribution is 2.34. The maximum absolute atomic E-state index is 12.3. The van der Waals surface area contributed by atoms with Crippen molar-refractivity contribution in [3.63, 3.8) is 0 Å². The SMILES string of the molecule is CCCN(CCC)c1cnc(C(=O)Nc2ccc3c(c2)OCO3)cn1. The van der Waals surface area contributed by atoms with Gasteiger partial charge >= 0.3 is 0 Å². The molecule has 0 bridgehead atoms. The number of fused-ring (bicyclic) bond motifs is 1. The third-order valence-corrected chi connectivity index (χ3v) is 3.81. The molecular formula is C18H22N4O3. The Morgan fingerprint density at radius 2 is 1.88 bits per heavy atom. The summed E-state index contributed by atoms with van der Waals surface area (Å²) in [5, 5.41) is 2.80. The van der Waals surface area contributed by atoms with Crippen molar-refractivity contribution in [2.75, 3.05) is 30.1 Å². The minimum Gasteiger partial charge on any atom is -0.454 e. The average Bonchev–Trinajstić information content (AvgIpc) is 3.09. The normalized spacial score (nSPS) is 12.1. The molecule has 2 aromatic rings. The number of hydrogen-bond donors (Lipinski definition) is 1. The molecule has 7 heteroatoms. The number of rotatable bonds is 7. The summed E-state index contributed by atoms with van der Waals surface area (Å²) in [5.74, 6) is 1.78. The van der Waals surface area contributed by atoms with Gasteiger partial charge in [-0.05, 0) is 25.0 Å². The summed E-state index contributed by atoms with van der Waals surface area (Å²) in [6, 6.07) is 5.25. The van der Waals surface area contributed by atoms with E-state index in [0.717, 1.165) is 31.7 Å². The number of hydrogen-bond acceptors (Lipinski definition) is 6. The van der Waals surface area contributed by atoms with E-state index in [-0.39, 0.29) is 18.4 Å². The molecule has 0 fully saturated rings. The number of nitrogens with one attached hydrogen (secondary N) is 1. The number of carbonyl (C=O) groups excluding carboxylic acids is 1. The van der Waals surface area contributed by atoms with Crippen LogP contribution >= 0.6 is 0 Å². The van der Waals surface area contributed by atoms with Crippen molar-refractivity contribution in [3.05, 3.63) is 36.3 Å². The predicted octanol–water partition coefficient (Wildman–Crippen LogP) is 3.08. The minimum absolute atomic E-state index is 0.200. The van der Waals surface area contributed by atoms with Crippen LogP contribution in [0.5, 0.6) is 11.5 Å². The van der Waals surface area contributed by atoms with Crippen LogP contribution in [0.15, 0.2) is 30.6 Å². The summed E-state index contributed by atoms with van der Waals surface area (Å²) < 4.78 is 10.6. The first-order valence-electron chi connectivity index (χ1n) is 8.49. The zero-order chi connectivity index (χ0) is 17.6. The molecule has 0 saturated heterocycles. The Bertz CT molecular complexity index is 728. The monoisotopic (exact) mass is 342 g/mol. The molecule has 1 aromatic carbocycles. The fourth-order valence-corrected chi connectivity index (χ4v) is 2.65. The molecule has 2 heterocycles. The van der Waals surface area contributed by atoms with Gasteiger partial charge < -0.3 is 19.7 Å². The van der Waals surface area contributed by atoms with Crippen molar-refractivity contribution >= 4 is 17.4 Å². The number of benzene rings is 1. The molecule has 7 nitrogen and oxygen atoms in total. The van der Waals surface area contributed by atoms with Gasteiger partial charge in [-0.25, -0.2) is 9.97 Å². The average molecular weight is 342 g/mol. The van der Waals surface area contributed by atoms with Gasteiger partial charge in [-0.3, -0.25) is 4.79 Å².